The van der Waals surface area contributed by atoms with E-state index in [4.69, 9.17) is 10.00 Å². The maximum Gasteiger partial charge on any atom is 0.341 e. The Morgan fingerprint density at radius 3 is 2.50 bits per heavy atom. The van der Waals surface area contributed by atoms with E-state index in [0.29, 0.717) is 9.21 Å². The molecule has 0 aromatic heterocycles. The fraction of sp³-hybridized carbons (Fsp3) is 0.375. The first kappa shape index (κ1) is 30.3. The number of sulfonamides is 1. The molecule has 222 valence electrons. The van der Waals surface area contributed by atoms with E-state index in [1.165, 1.54) is 29.3 Å². The first-order chi connectivity index (χ1) is 19.9. The van der Waals surface area contributed by atoms with Crippen LogP contribution in [0.4, 0.5) is 9.59 Å². The number of aliphatic carboxylic acids is 1. The molecule has 1 aromatic rings. The number of amides is 6. The van der Waals surface area contributed by atoms with Gasteiger partial charge in [-0.25, -0.2) is 27.2 Å². The molecule has 0 saturated carbocycles. The van der Waals surface area contributed by atoms with E-state index in [1.54, 1.807) is 18.2 Å². The highest BCUT2D eigenvalue weighted by Crippen LogP contribution is 2.41. The van der Waals surface area contributed by atoms with E-state index in [-0.39, 0.29) is 30.8 Å². The number of ether oxygens (including phenoxy) is 1. The summed E-state index contributed by atoms with van der Waals surface area (Å²) >= 11 is 0.857. The number of urea groups is 2. The van der Waals surface area contributed by atoms with Crippen LogP contribution >= 0.6 is 11.8 Å². The molecule has 4 rings (SSSR count). The van der Waals surface area contributed by atoms with Crippen molar-refractivity contribution in [1.29, 1.82) is 5.26 Å². The third-order valence-electron chi connectivity index (χ3n) is 6.42. The number of β-lactam (4-membered cyclic amide) rings is 1. The summed E-state index contributed by atoms with van der Waals surface area (Å²) in [5.74, 6) is -4.25. The fourth-order valence-corrected chi connectivity index (χ4v) is 6.75. The first-order valence-corrected chi connectivity index (χ1v) is 14.8. The van der Waals surface area contributed by atoms with Gasteiger partial charge >= 0.3 is 24.0 Å². The van der Waals surface area contributed by atoms with E-state index in [9.17, 15) is 42.3 Å². The monoisotopic (exact) mass is 620 g/mol. The molecule has 6 amide bonds. The molecule has 18 heteroatoms. The van der Waals surface area contributed by atoms with Crippen LogP contribution < -0.4 is 10.6 Å². The van der Waals surface area contributed by atoms with Gasteiger partial charge in [0.1, 0.15) is 29.3 Å². The van der Waals surface area contributed by atoms with Crippen LogP contribution in [0.5, 0.6) is 0 Å². The van der Waals surface area contributed by atoms with Gasteiger partial charge in [0.2, 0.25) is 5.91 Å². The summed E-state index contributed by atoms with van der Waals surface area (Å²) in [7, 11) is -4.27. The van der Waals surface area contributed by atoms with Crippen LogP contribution in [0.1, 0.15) is 18.5 Å². The van der Waals surface area contributed by atoms with Crippen LogP contribution in [0.2, 0.25) is 0 Å². The molecule has 0 spiro atoms. The molecular weight excluding hydrogens is 596 g/mol. The topological polar surface area (TPSA) is 224 Å². The van der Waals surface area contributed by atoms with E-state index < -0.39 is 74.3 Å². The summed E-state index contributed by atoms with van der Waals surface area (Å²) in [6.07, 6.45) is 1.27. The summed E-state index contributed by atoms with van der Waals surface area (Å²) in [6.45, 7) is 0.121. The molecule has 2 saturated heterocycles. The van der Waals surface area contributed by atoms with E-state index >= 15 is 0 Å². The number of carbonyl (C=O) groups excluding carboxylic acids is 5. The molecule has 42 heavy (non-hydrogen) atoms. The Balaban J connectivity index is 1.50. The van der Waals surface area contributed by atoms with Gasteiger partial charge in [0, 0.05) is 18.7 Å². The zero-order valence-corrected chi connectivity index (χ0v) is 23.5. The maximum atomic E-state index is 13.4. The highest BCUT2D eigenvalue weighted by molar-refractivity contribution is 8.01. The number of hydrogen-bond acceptors (Lipinski definition) is 11. The summed E-state index contributed by atoms with van der Waals surface area (Å²) in [6, 6.07) is 4.41. The lowest BCUT2D eigenvalue weighted by atomic mass is 10.0. The van der Waals surface area contributed by atoms with Gasteiger partial charge in [0.05, 0.1) is 19.2 Å². The Morgan fingerprint density at radius 1 is 1.19 bits per heavy atom. The molecule has 0 bridgehead atoms. The minimum Gasteiger partial charge on any atom is -0.480 e. The van der Waals surface area contributed by atoms with Gasteiger partial charge in [0.15, 0.2) is 5.75 Å². The van der Waals surface area contributed by atoms with Gasteiger partial charge in [-0.15, -0.1) is 11.8 Å². The standard InChI is InChI=1S/C24H24N6O10S2/c1-13(31)40-12-15-11-29-20(33)17(21(29)41-18(15)22(34)35)26-19(32)16(14-5-3-2-4-6-14)27-23(36)28-8-9-30(24(28)37)42(38,39)10-7-25/h2-6,11,16-18,21H,8-10,12H2,1H3,(H,26,32)(H,27,36)(H,34,35)/t16-,17?,18?,21-/m1/s1. The van der Waals surface area contributed by atoms with Crippen molar-refractivity contribution in [3.8, 4) is 6.07 Å². The minimum atomic E-state index is -4.27. The largest absolute Gasteiger partial charge is 0.480 e. The van der Waals surface area contributed by atoms with Crippen LogP contribution in [0.15, 0.2) is 42.1 Å². The first-order valence-electron chi connectivity index (χ1n) is 12.2. The Bertz CT molecular complexity index is 1510. The molecule has 3 aliphatic rings. The van der Waals surface area contributed by atoms with E-state index in [0.717, 1.165) is 18.7 Å². The summed E-state index contributed by atoms with van der Waals surface area (Å²) in [4.78, 5) is 76.8. The Hall–Kier alpha value is -4.63. The zero-order chi connectivity index (χ0) is 30.8. The maximum absolute atomic E-state index is 13.4. The minimum absolute atomic E-state index is 0.174. The van der Waals surface area contributed by atoms with Gasteiger partial charge in [-0.05, 0) is 5.56 Å². The second-order valence-electron chi connectivity index (χ2n) is 9.17. The molecule has 1 aromatic carbocycles. The summed E-state index contributed by atoms with van der Waals surface area (Å²) in [5.41, 5.74) is 0.448. The van der Waals surface area contributed by atoms with Crippen molar-refractivity contribution < 1.29 is 47.0 Å². The van der Waals surface area contributed by atoms with Gasteiger partial charge < -0.3 is 25.4 Å². The van der Waals surface area contributed by atoms with E-state index in [1.807, 2.05) is 0 Å². The Kier molecular flexibility index (Phi) is 8.72. The third kappa shape index (κ3) is 6.01. The number of carbonyl (C=O) groups is 6. The molecule has 3 heterocycles. The number of hydrogen-bond donors (Lipinski definition) is 3. The predicted octanol–water partition coefficient (Wildman–Crippen LogP) is -0.672. The van der Waals surface area contributed by atoms with Crippen LogP contribution in [-0.2, 0) is 33.9 Å². The summed E-state index contributed by atoms with van der Waals surface area (Å²) < 4.78 is 29.7. The van der Waals surface area contributed by atoms with Crippen LogP contribution in [0, 0.1) is 11.3 Å². The fourth-order valence-electron chi connectivity index (χ4n) is 4.40. The smallest absolute Gasteiger partial charge is 0.341 e. The van der Waals surface area contributed by atoms with Gasteiger partial charge in [-0.3, -0.25) is 19.2 Å². The number of thioether (sulfide) groups is 1. The molecule has 2 fully saturated rings. The second-order valence-corrected chi connectivity index (χ2v) is 12.3. The van der Waals surface area contributed by atoms with Crippen molar-refractivity contribution >= 4 is 57.6 Å². The van der Waals surface area contributed by atoms with Crippen molar-refractivity contribution in [2.24, 2.45) is 0 Å². The zero-order valence-electron chi connectivity index (χ0n) is 21.8. The average Bonchev–Trinajstić information content (AvgIpc) is 3.35. The number of nitrogens with one attached hydrogen (secondary N) is 2. The molecule has 16 nitrogen and oxygen atoms in total. The van der Waals surface area contributed by atoms with Crippen LogP contribution in [0.25, 0.3) is 0 Å². The number of imide groups is 1. The number of rotatable bonds is 9. The van der Waals surface area contributed by atoms with Crippen LogP contribution in [-0.4, -0.2) is 106 Å². The molecule has 3 aliphatic heterocycles. The average molecular weight is 621 g/mol. The highest BCUT2D eigenvalue weighted by Gasteiger charge is 2.53. The number of fused-ring (bicyclic) bond motifs is 1. The molecule has 3 N–H and O–H groups in total. The lowest BCUT2D eigenvalue weighted by molar-refractivity contribution is -0.146. The number of carboxylic acids is 1. The Labute approximate surface area is 243 Å². The second kappa shape index (κ2) is 12.1. The molecule has 4 atom stereocenters. The van der Waals surface area contributed by atoms with Crippen molar-refractivity contribution in [1.82, 2.24) is 24.7 Å². The van der Waals surface area contributed by atoms with Crippen LogP contribution in [0.3, 0.4) is 0 Å². The normalized spacial score (nSPS) is 22.2. The summed E-state index contributed by atoms with van der Waals surface area (Å²) in [5, 5.41) is 21.3. The van der Waals surface area contributed by atoms with Crippen molar-refractivity contribution in [2.45, 2.75) is 29.6 Å². The predicted molar refractivity (Wildman–Crippen MR) is 142 cm³/mol. The lowest BCUT2D eigenvalue weighted by Crippen LogP contribution is -2.70. The van der Waals surface area contributed by atoms with Crippen molar-refractivity contribution in [3.63, 3.8) is 0 Å². The number of esters is 1. The SMILES string of the molecule is CC(=O)OCC1=CN2C(=O)C(NC(=O)[C@H](NC(=O)N3CCN(S(=O)(=O)CC#N)C3=O)c3ccccc3)[C@H]2SC1C(=O)O. The number of nitrogens with zero attached hydrogens (tertiary/aromatic N) is 4. The van der Waals surface area contributed by atoms with E-state index in [2.05, 4.69) is 10.6 Å². The lowest BCUT2D eigenvalue weighted by Gasteiger charge is -2.48. The quantitative estimate of drug-likeness (QED) is 0.231. The third-order valence-corrected chi connectivity index (χ3v) is 9.48. The van der Waals surface area contributed by atoms with Crippen molar-refractivity contribution in [3.05, 3.63) is 47.7 Å². The Morgan fingerprint density at radius 2 is 1.88 bits per heavy atom. The van der Waals surface area contributed by atoms with Gasteiger partial charge in [-0.2, -0.15) is 5.26 Å². The highest BCUT2D eigenvalue weighted by atomic mass is 32.2. The number of carboxylic acid groups (broad SMARTS) is 1. The van der Waals surface area contributed by atoms with Crippen molar-refractivity contribution in [2.75, 3.05) is 25.4 Å². The number of nitriles is 1. The molecule has 0 radical (unpaired) electrons. The van der Waals surface area contributed by atoms with Gasteiger partial charge in [-0.1, -0.05) is 30.3 Å². The molecule has 0 aliphatic carbocycles. The molecular formula is C24H24N6O10S2. The number of benzene rings is 1. The van der Waals surface area contributed by atoms with Gasteiger partial charge in [0.25, 0.3) is 15.9 Å². The molecule has 2 unspecified atom stereocenters.